The first-order valence-electron chi connectivity index (χ1n) is 19.2. The highest BCUT2D eigenvalue weighted by molar-refractivity contribution is 5.83. The highest BCUT2D eigenvalue weighted by atomic mass is 16.7. The Morgan fingerprint density at radius 2 is 1.44 bits per heavy atom. The summed E-state index contributed by atoms with van der Waals surface area (Å²) in [6.45, 7) is 17.6. The number of hydrogen-bond donors (Lipinski definition) is 4. The van der Waals surface area contributed by atoms with Crippen LogP contribution in [-0.4, -0.2) is 143 Å². The smallest absolute Gasteiger partial charge is 0.311 e. The van der Waals surface area contributed by atoms with E-state index in [1.807, 2.05) is 53.6 Å². The molecule has 2 saturated heterocycles. The zero-order chi connectivity index (χ0) is 39.7. The Kier molecular flexibility index (Phi) is 15.3. The van der Waals surface area contributed by atoms with E-state index in [0.717, 1.165) is 0 Å². The van der Waals surface area contributed by atoms with Crippen molar-refractivity contribution in [1.82, 2.24) is 4.90 Å². The Morgan fingerprint density at radius 3 is 1.98 bits per heavy atom. The van der Waals surface area contributed by atoms with Crippen molar-refractivity contribution in [3.05, 3.63) is 0 Å². The molecule has 2 aliphatic heterocycles. The van der Waals surface area contributed by atoms with Gasteiger partial charge in [0.15, 0.2) is 6.29 Å². The maximum Gasteiger partial charge on any atom is 0.311 e. The highest BCUT2D eigenvalue weighted by Gasteiger charge is 2.53. The molecule has 1 aliphatic carbocycles. The van der Waals surface area contributed by atoms with Crippen molar-refractivity contribution >= 4 is 11.8 Å². The number of rotatable bonds is 8. The molecule has 0 aromatic rings. The second kappa shape index (κ2) is 17.7. The number of nitrogens with zero attached hydrogens (tertiary/aromatic N) is 1. The summed E-state index contributed by atoms with van der Waals surface area (Å²) in [5.74, 6) is -4.37. The maximum absolute atomic E-state index is 14.2. The monoisotopic (exact) mass is 745 g/mol. The van der Waals surface area contributed by atoms with Crippen molar-refractivity contribution in [2.24, 2.45) is 29.6 Å². The fourth-order valence-corrected chi connectivity index (χ4v) is 9.15. The van der Waals surface area contributed by atoms with Gasteiger partial charge in [0.1, 0.15) is 23.6 Å². The van der Waals surface area contributed by atoms with Crippen LogP contribution in [0.4, 0.5) is 0 Å². The number of carbonyl (C=O) groups excluding carboxylic acids is 2. The van der Waals surface area contributed by atoms with Crippen molar-refractivity contribution < 1.29 is 58.4 Å². The van der Waals surface area contributed by atoms with Gasteiger partial charge in [-0.25, -0.2) is 0 Å². The van der Waals surface area contributed by atoms with E-state index >= 15 is 0 Å². The second-order valence-electron chi connectivity index (χ2n) is 17.2. The number of carbonyl (C=O) groups is 2. The number of esters is 1. The van der Waals surface area contributed by atoms with E-state index in [9.17, 15) is 30.0 Å². The van der Waals surface area contributed by atoms with E-state index in [4.69, 9.17) is 28.4 Å². The molecule has 13 heteroatoms. The van der Waals surface area contributed by atoms with Crippen molar-refractivity contribution in [3.8, 4) is 0 Å². The molecule has 0 aromatic carbocycles. The number of ketones is 1. The van der Waals surface area contributed by atoms with Crippen LogP contribution in [0.5, 0.6) is 0 Å². The summed E-state index contributed by atoms with van der Waals surface area (Å²) in [5, 5.41) is 45.7. The van der Waals surface area contributed by atoms with Gasteiger partial charge < -0.3 is 53.7 Å². The van der Waals surface area contributed by atoms with E-state index in [1.165, 1.54) is 14.0 Å². The summed E-state index contributed by atoms with van der Waals surface area (Å²) in [5.41, 5.74) is -4.05. The normalized spacial score (nSPS) is 49.0. The van der Waals surface area contributed by atoms with Crippen LogP contribution < -0.4 is 0 Å². The second-order valence-corrected chi connectivity index (χ2v) is 17.2. The fourth-order valence-electron chi connectivity index (χ4n) is 9.15. The van der Waals surface area contributed by atoms with Gasteiger partial charge in [-0.15, -0.1) is 0 Å². The Bertz CT molecular complexity index is 1190. The van der Waals surface area contributed by atoms with Crippen LogP contribution in [0.3, 0.4) is 0 Å². The van der Waals surface area contributed by atoms with Gasteiger partial charge in [-0.3, -0.25) is 9.59 Å². The third-order valence-electron chi connectivity index (χ3n) is 12.7. The van der Waals surface area contributed by atoms with Gasteiger partial charge in [-0.05, 0) is 80.3 Å². The maximum atomic E-state index is 14.2. The van der Waals surface area contributed by atoms with Crippen molar-refractivity contribution in [2.45, 2.75) is 179 Å². The van der Waals surface area contributed by atoms with E-state index in [-0.39, 0.29) is 36.7 Å². The lowest BCUT2D eigenvalue weighted by molar-refractivity contribution is -0.304. The number of methoxy groups -OCH3 is 2. The molecule has 0 bridgehead atoms. The quantitative estimate of drug-likeness (QED) is 0.267. The molecule has 0 amide bonds. The van der Waals surface area contributed by atoms with Gasteiger partial charge in [0, 0.05) is 44.4 Å². The summed E-state index contributed by atoms with van der Waals surface area (Å²) < 4.78 is 38.2. The molecule has 4 N–H and O–H groups in total. The van der Waals surface area contributed by atoms with Crippen molar-refractivity contribution in [2.75, 3.05) is 28.3 Å². The molecule has 3 fully saturated rings. The minimum atomic E-state index is -1.94. The summed E-state index contributed by atoms with van der Waals surface area (Å²) in [6.07, 6.45) is -6.23. The third kappa shape index (κ3) is 9.39. The Hall–Kier alpha value is -1.26. The van der Waals surface area contributed by atoms with Crippen molar-refractivity contribution in [3.63, 3.8) is 0 Å². The standard InChI is InChI=1S/C39H71NO12/c1-15-28-39(10,46)33(44)23(5)29(41)21(3)18-38(9,48-14)34(52-36-30(42)27(40(11)12)17-22(4)49-36)24(6)31(25(7)35(45)51-28)50-26-16-20(2)32(43)37(8,19-26)47-13/h20-28,30-34,36,42-44,46H,15-19H2,1-14H3/t20-,21-,22-,23+,24?,25-,26-,27+,28-,30-,31+,32+,33-,34-,36+,37+,38-,39-/m1/s1. The average molecular weight is 746 g/mol. The van der Waals surface area contributed by atoms with Gasteiger partial charge in [0.2, 0.25) is 0 Å². The lowest BCUT2D eigenvalue weighted by Gasteiger charge is -2.50. The molecule has 52 heavy (non-hydrogen) atoms. The molecule has 3 rings (SSSR count). The number of aliphatic hydroxyl groups is 4. The fraction of sp³-hybridized carbons (Fsp3) is 0.949. The van der Waals surface area contributed by atoms with Gasteiger partial charge in [-0.2, -0.15) is 0 Å². The largest absolute Gasteiger partial charge is 0.459 e. The third-order valence-corrected chi connectivity index (χ3v) is 12.7. The summed E-state index contributed by atoms with van der Waals surface area (Å²) in [4.78, 5) is 30.1. The van der Waals surface area contributed by atoms with Crippen LogP contribution in [0.15, 0.2) is 0 Å². The summed E-state index contributed by atoms with van der Waals surface area (Å²) in [7, 11) is 6.87. The molecular weight excluding hydrogens is 674 g/mol. The first-order valence-corrected chi connectivity index (χ1v) is 19.2. The van der Waals surface area contributed by atoms with E-state index in [2.05, 4.69) is 0 Å². The number of Topliss-reactive ketones (excluding diaryl/α,β-unsaturated/α-hetero) is 1. The lowest BCUT2D eigenvalue weighted by Crippen LogP contribution is -2.61. The van der Waals surface area contributed by atoms with Crippen LogP contribution in [-0.2, 0) is 38.0 Å². The minimum Gasteiger partial charge on any atom is -0.459 e. The van der Waals surface area contributed by atoms with Crippen LogP contribution >= 0.6 is 0 Å². The Labute approximate surface area is 312 Å². The summed E-state index contributed by atoms with van der Waals surface area (Å²) in [6, 6.07) is -0.263. The number of cyclic esters (lactones) is 1. The molecule has 0 aromatic heterocycles. The zero-order valence-electron chi connectivity index (χ0n) is 34.2. The van der Waals surface area contributed by atoms with Gasteiger partial charge in [0.05, 0.1) is 53.7 Å². The minimum absolute atomic E-state index is 0.142. The first-order chi connectivity index (χ1) is 24.0. The topological polar surface area (TPSA) is 174 Å². The predicted molar refractivity (Wildman–Crippen MR) is 194 cm³/mol. The molecule has 304 valence electrons. The van der Waals surface area contributed by atoms with Crippen LogP contribution in [0.2, 0.25) is 0 Å². The molecule has 0 spiro atoms. The SMILES string of the molecule is CC[C@H]1OC(=O)[C@H](C)[C@@H](O[C@@H]2C[C@@H](C)[C@H](O)[C@@](C)(OC)C2)C(C)[C@@H](O[C@@H]2O[C@H](C)C[C@H](N(C)C)[C@H]2O)[C@](C)(OC)C[C@@H](C)C(=O)[C@H](C)[C@@H](O)[C@]1(C)O. The number of aliphatic hydroxyl groups excluding tert-OH is 3. The van der Waals surface area contributed by atoms with Gasteiger partial charge in [0.25, 0.3) is 0 Å². The van der Waals surface area contributed by atoms with E-state index in [0.29, 0.717) is 19.3 Å². The first kappa shape index (κ1) is 45.1. The van der Waals surface area contributed by atoms with E-state index < -0.39 is 95.5 Å². The molecule has 18 atom stereocenters. The number of ether oxygens (including phenoxy) is 6. The molecule has 13 nitrogen and oxygen atoms in total. The van der Waals surface area contributed by atoms with Crippen LogP contribution in [0, 0.1) is 29.6 Å². The molecule has 3 aliphatic rings. The summed E-state index contributed by atoms with van der Waals surface area (Å²) >= 11 is 0. The number of likely N-dealkylation sites (N-methyl/N-ethyl adjacent to an activating group) is 1. The molecule has 1 saturated carbocycles. The number of hydrogen-bond acceptors (Lipinski definition) is 13. The molecule has 0 radical (unpaired) electrons. The van der Waals surface area contributed by atoms with Crippen LogP contribution in [0.25, 0.3) is 0 Å². The van der Waals surface area contributed by atoms with Crippen LogP contribution in [0.1, 0.15) is 101 Å². The molecule has 1 unspecified atom stereocenters. The van der Waals surface area contributed by atoms with Crippen molar-refractivity contribution in [1.29, 1.82) is 0 Å². The van der Waals surface area contributed by atoms with Gasteiger partial charge in [-0.1, -0.05) is 34.6 Å². The van der Waals surface area contributed by atoms with E-state index in [1.54, 1.807) is 34.8 Å². The Balaban J connectivity index is 2.22. The Morgan fingerprint density at radius 1 is 0.846 bits per heavy atom. The zero-order valence-corrected chi connectivity index (χ0v) is 34.2. The highest BCUT2D eigenvalue weighted by Crippen LogP contribution is 2.43. The average Bonchev–Trinajstić information content (AvgIpc) is 3.09. The predicted octanol–water partition coefficient (Wildman–Crippen LogP) is 3.10. The molecule has 2 heterocycles. The molecular formula is C39H71NO12. The van der Waals surface area contributed by atoms with Gasteiger partial charge >= 0.3 is 5.97 Å². The lowest BCUT2D eigenvalue weighted by atomic mass is 9.73.